The minimum absolute atomic E-state index is 0.355. The van der Waals surface area contributed by atoms with Crippen molar-refractivity contribution in [3.05, 3.63) is 11.6 Å². The van der Waals surface area contributed by atoms with Crippen molar-refractivity contribution >= 4 is 0 Å². The van der Waals surface area contributed by atoms with Crippen LogP contribution >= 0.6 is 0 Å². The summed E-state index contributed by atoms with van der Waals surface area (Å²) in [6.45, 7) is 6.35. The molecule has 0 bridgehead atoms. The third kappa shape index (κ3) is 2.57. The first-order valence-corrected chi connectivity index (χ1v) is 5.44. The van der Waals surface area contributed by atoms with E-state index in [2.05, 4.69) is 26.8 Å². The maximum Gasteiger partial charge on any atom is 0.0676 e. The van der Waals surface area contributed by atoms with Gasteiger partial charge in [0.1, 0.15) is 0 Å². The Kier molecular flexibility index (Phi) is 3.55. The summed E-state index contributed by atoms with van der Waals surface area (Å²) in [4.78, 5) is 0. The number of hydrogen-bond acceptors (Lipinski definition) is 1. The SMILES string of the molecule is CCC1(O)CCCC1CC=C(C)C. The van der Waals surface area contributed by atoms with E-state index in [1.807, 2.05) is 0 Å². The Morgan fingerprint density at radius 3 is 2.77 bits per heavy atom. The van der Waals surface area contributed by atoms with Crippen molar-refractivity contribution in [3.63, 3.8) is 0 Å². The highest BCUT2D eigenvalue weighted by Gasteiger charge is 2.38. The van der Waals surface area contributed by atoms with Crippen molar-refractivity contribution in [2.24, 2.45) is 5.92 Å². The first-order chi connectivity index (χ1) is 6.08. The molecule has 76 valence electrons. The summed E-state index contributed by atoms with van der Waals surface area (Å²) in [6, 6.07) is 0. The van der Waals surface area contributed by atoms with E-state index < -0.39 is 0 Å². The van der Waals surface area contributed by atoms with Crippen LogP contribution in [0.4, 0.5) is 0 Å². The second kappa shape index (κ2) is 4.28. The van der Waals surface area contributed by atoms with Gasteiger partial charge in [0.05, 0.1) is 5.60 Å². The summed E-state index contributed by atoms with van der Waals surface area (Å²) in [5.74, 6) is 0.507. The van der Waals surface area contributed by atoms with E-state index in [1.54, 1.807) is 0 Å². The summed E-state index contributed by atoms with van der Waals surface area (Å²) < 4.78 is 0. The minimum atomic E-state index is -0.355. The molecule has 0 radical (unpaired) electrons. The Morgan fingerprint density at radius 2 is 2.23 bits per heavy atom. The summed E-state index contributed by atoms with van der Waals surface area (Å²) in [6.07, 6.45) is 7.64. The van der Waals surface area contributed by atoms with Crippen LogP contribution in [-0.4, -0.2) is 10.7 Å². The van der Waals surface area contributed by atoms with Gasteiger partial charge in [-0.3, -0.25) is 0 Å². The van der Waals surface area contributed by atoms with Crippen LogP contribution in [0.1, 0.15) is 52.9 Å². The van der Waals surface area contributed by atoms with Gasteiger partial charge in [-0.25, -0.2) is 0 Å². The first-order valence-electron chi connectivity index (χ1n) is 5.44. The van der Waals surface area contributed by atoms with Gasteiger partial charge in [0, 0.05) is 0 Å². The first kappa shape index (κ1) is 10.8. The predicted molar refractivity (Wildman–Crippen MR) is 56.6 cm³/mol. The van der Waals surface area contributed by atoms with E-state index in [4.69, 9.17) is 0 Å². The highest BCUT2D eigenvalue weighted by Crippen LogP contribution is 2.40. The van der Waals surface area contributed by atoms with Gasteiger partial charge in [0.2, 0.25) is 0 Å². The second-order valence-electron chi connectivity index (χ2n) is 4.56. The van der Waals surface area contributed by atoms with Crippen molar-refractivity contribution in [2.75, 3.05) is 0 Å². The van der Waals surface area contributed by atoms with Crippen molar-refractivity contribution < 1.29 is 5.11 Å². The molecule has 1 nitrogen and oxygen atoms in total. The van der Waals surface area contributed by atoms with Crippen molar-refractivity contribution in [3.8, 4) is 0 Å². The van der Waals surface area contributed by atoms with E-state index in [0.717, 1.165) is 19.3 Å². The number of aliphatic hydroxyl groups is 1. The van der Waals surface area contributed by atoms with Crippen molar-refractivity contribution in [2.45, 2.75) is 58.5 Å². The Morgan fingerprint density at radius 1 is 1.54 bits per heavy atom. The molecule has 1 rings (SSSR count). The fourth-order valence-electron chi connectivity index (χ4n) is 2.31. The number of hydrogen-bond donors (Lipinski definition) is 1. The maximum absolute atomic E-state index is 10.2. The molecule has 13 heavy (non-hydrogen) atoms. The lowest BCUT2D eigenvalue weighted by atomic mass is 9.85. The number of allylic oxidation sites excluding steroid dienone is 2. The van der Waals surface area contributed by atoms with Crippen LogP contribution < -0.4 is 0 Å². The van der Waals surface area contributed by atoms with Crippen LogP contribution in [0.2, 0.25) is 0 Å². The fourth-order valence-corrected chi connectivity index (χ4v) is 2.31. The lowest BCUT2D eigenvalue weighted by Gasteiger charge is -2.28. The van der Waals surface area contributed by atoms with E-state index in [-0.39, 0.29) is 5.60 Å². The summed E-state index contributed by atoms with van der Waals surface area (Å²) in [5, 5.41) is 10.2. The smallest absolute Gasteiger partial charge is 0.0676 e. The average molecular weight is 182 g/mol. The van der Waals surface area contributed by atoms with Crippen LogP contribution in [0.5, 0.6) is 0 Å². The molecule has 1 saturated carbocycles. The molecule has 0 aromatic rings. The van der Waals surface area contributed by atoms with Crippen LogP contribution in [0.15, 0.2) is 11.6 Å². The highest BCUT2D eigenvalue weighted by atomic mass is 16.3. The quantitative estimate of drug-likeness (QED) is 0.664. The standard InChI is InChI=1S/C12H22O/c1-4-12(13)9-5-6-11(12)8-7-10(2)3/h7,11,13H,4-6,8-9H2,1-3H3. The topological polar surface area (TPSA) is 20.2 Å². The second-order valence-corrected chi connectivity index (χ2v) is 4.56. The third-order valence-corrected chi connectivity index (χ3v) is 3.35. The van der Waals surface area contributed by atoms with Crippen LogP contribution in [0.3, 0.4) is 0 Å². The number of rotatable bonds is 3. The Bertz CT molecular complexity index is 191. The molecule has 0 amide bonds. The van der Waals surface area contributed by atoms with E-state index >= 15 is 0 Å². The third-order valence-electron chi connectivity index (χ3n) is 3.35. The zero-order valence-corrected chi connectivity index (χ0v) is 9.14. The molecule has 0 aromatic heterocycles. The molecule has 1 aliphatic rings. The Labute approximate surface area is 81.9 Å². The maximum atomic E-state index is 10.2. The molecule has 0 aliphatic heterocycles. The van der Waals surface area contributed by atoms with Crippen LogP contribution in [0.25, 0.3) is 0 Å². The zero-order chi connectivity index (χ0) is 9.90. The normalized spacial score (nSPS) is 33.4. The van der Waals surface area contributed by atoms with Gasteiger partial charge in [-0.05, 0) is 45.4 Å². The fraction of sp³-hybridized carbons (Fsp3) is 0.833. The van der Waals surface area contributed by atoms with Gasteiger partial charge in [0.15, 0.2) is 0 Å². The Balaban J connectivity index is 2.54. The van der Waals surface area contributed by atoms with Crippen LogP contribution in [-0.2, 0) is 0 Å². The highest BCUT2D eigenvalue weighted by molar-refractivity contribution is 5.00. The lowest BCUT2D eigenvalue weighted by Crippen LogP contribution is -2.31. The van der Waals surface area contributed by atoms with Gasteiger partial charge in [0.25, 0.3) is 0 Å². The van der Waals surface area contributed by atoms with E-state index in [0.29, 0.717) is 5.92 Å². The molecular weight excluding hydrogens is 160 g/mol. The zero-order valence-electron chi connectivity index (χ0n) is 9.14. The predicted octanol–water partition coefficient (Wildman–Crippen LogP) is 3.28. The minimum Gasteiger partial charge on any atom is -0.390 e. The molecule has 1 fully saturated rings. The van der Waals surface area contributed by atoms with Crippen molar-refractivity contribution in [1.82, 2.24) is 0 Å². The molecule has 1 heteroatoms. The molecule has 1 aliphatic carbocycles. The van der Waals surface area contributed by atoms with Gasteiger partial charge in [-0.15, -0.1) is 0 Å². The Hall–Kier alpha value is -0.300. The summed E-state index contributed by atoms with van der Waals surface area (Å²) in [5.41, 5.74) is 1.01. The molecule has 0 saturated heterocycles. The molecule has 0 aromatic carbocycles. The van der Waals surface area contributed by atoms with Gasteiger partial charge in [-0.1, -0.05) is 25.0 Å². The van der Waals surface area contributed by atoms with Crippen molar-refractivity contribution in [1.29, 1.82) is 0 Å². The molecule has 0 spiro atoms. The van der Waals surface area contributed by atoms with Gasteiger partial charge >= 0.3 is 0 Å². The molecule has 2 unspecified atom stereocenters. The van der Waals surface area contributed by atoms with E-state index in [9.17, 15) is 5.11 Å². The van der Waals surface area contributed by atoms with Gasteiger partial charge < -0.3 is 5.11 Å². The summed E-state index contributed by atoms with van der Waals surface area (Å²) in [7, 11) is 0. The molecule has 2 atom stereocenters. The molecule has 1 N–H and O–H groups in total. The van der Waals surface area contributed by atoms with Crippen LogP contribution in [0, 0.1) is 5.92 Å². The monoisotopic (exact) mass is 182 g/mol. The molecule has 0 heterocycles. The summed E-state index contributed by atoms with van der Waals surface area (Å²) >= 11 is 0. The van der Waals surface area contributed by atoms with E-state index in [1.165, 1.54) is 18.4 Å². The average Bonchev–Trinajstić information content (AvgIpc) is 2.44. The molecular formula is C12H22O. The lowest BCUT2D eigenvalue weighted by molar-refractivity contribution is -0.000100. The largest absolute Gasteiger partial charge is 0.390 e. The van der Waals surface area contributed by atoms with Gasteiger partial charge in [-0.2, -0.15) is 0 Å².